The number of rotatable bonds is 4. The van der Waals surface area contributed by atoms with Gasteiger partial charge in [-0.2, -0.15) is 0 Å². The first-order chi connectivity index (χ1) is 11.0. The molecular formula is C17H19FN4O. The number of hydrogen-bond acceptors (Lipinski definition) is 2. The largest absolute Gasteiger partial charge is 0.351 e. The van der Waals surface area contributed by atoms with Gasteiger partial charge in [-0.25, -0.2) is 9.37 Å². The average Bonchev–Trinajstić information content (AvgIpc) is 3.10. The van der Waals surface area contributed by atoms with Crippen molar-refractivity contribution in [3.63, 3.8) is 0 Å². The maximum absolute atomic E-state index is 13.3. The second kappa shape index (κ2) is 5.87. The number of halogens is 1. The third-order valence-electron chi connectivity index (χ3n) is 3.92. The molecule has 3 aromatic rings. The molecule has 5 nitrogen and oxygen atoms in total. The van der Waals surface area contributed by atoms with Crippen LogP contribution in [0.1, 0.15) is 36.2 Å². The molecule has 1 aromatic carbocycles. The van der Waals surface area contributed by atoms with Gasteiger partial charge in [0.05, 0.1) is 6.04 Å². The van der Waals surface area contributed by atoms with Crippen molar-refractivity contribution in [1.82, 2.24) is 19.9 Å². The molecule has 0 unspecified atom stereocenters. The van der Waals surface area contributed by atoms with E-state index in [9.17, 15) is 9.18 Å². The number of H-pyrrole nitrogens is 1. The smallest absolute Gasteiger partial charge is 0.268 e. The molecule has 0 spiro atoms. The summed E-state index contributed by atoms with van der Waals surface area (Å²) in [5.41, 5.74) is 1.14. The Hall–Kier alpha value is -2.63. The minimum absolute atomic E-state index is 0.182. The Labute approximate surface area is 133 Å². The van der Waals surface area contributed by atoms with Crippen LogP contribution in [0.4, 0.5) is 4.39 Å². The topological polar surface area (TPSA) is 62.7 Å². The molecule has 3 rings (SSSR count). The van der Waals surface area contributed by atoms with Crippen LogP contribution in [0.3, 0.4) is 0 Å². The lowest BCUT2D eigenvalue weighted by Crippen LogP contribution is -2.33. The zero-order valence-electron chi connectivity index (χ0n) is 13.3. The summed E-state index contributed by atoms with van der Waals surface area (Å²) in [6.07, 6.45) is 3.56. The van der Waals surface area contributed by atoms with Crippen LogP contribution in [-0.4, -0.2) is 20.4 Å². The van der Waals surface area contributed by atoms with Crippen molar-refractivity contribution in [2.75, 3.05) is 0 Å². The Morgan fingerprint density at radius 1 is 1.35 bits per heavy atom. The highest BCUT2D eigenvalue weighted by atomic mass is 19.1. The molecule has 0 saturated carbocycles. The summed E-state index contributed by atoms with van der Waals surface area (Å²) in [6, 6.07) is 5.85. The fraction of sp³-hybridized carbons (Fsp3) is 0.294. The number of amides is 1. The highest BCUT2D eigenvalue weighted by molar-refractivity contribution is 5.98. The maximum Gasteiger partial charge on any atom is 0.268 e. The molecular weight excluding hydrogens is 295 g/mol. The normalized spacial score (nSPS) is 12.7. The molecule has 0 saturated heterocycles. The van der Waals surface area contributed by atoms with Gasteiger partial charge in [0.1, 0.15) is 17.3 Å². The third-order valence-corrected chi connectivity index (χ3v) is 3.92. The summed E-state index contributed by atoms with van der Waals surface area (Å²) in [5.74, 6) is 0.428. The number of carbonyl (C=O) groups excluding carboxylic acids is 1. The minimum atomic E-state index is -0.323. The summed E-state index contributed by atoms with van der Waals surface area (Å²) >= 11 is 0. The van der Waals surface area contributed by atoms with E-state index in [0.29, 0.717) is 11.1 Å². The molecule has 0 bridgehead atoms. The van der Waals surface area contributed by atoms with E-state index in [4.69, 9.17) is 0 Å². The molecule has 1 atom stereocenters. The van der Waals surface area contributed by atoms with E-state index in [0.717, 1.165) is 11.3 Å². The minimum Gasteiger partial charge on any atom is -0.351 e. The zero-order valence-corrected chi connectivity index (χ0v) is 13.3. The number of carbonyl (C=O) groups is 1. The number of imidazole rings is 1. The van der Waals surface area contributed by atoms with Crippen LogP contribution in [0.2, 0.25) is 0 Å². The van der Waals surface area contributed by atoms with E-state index in [-0.39, 0.29) is 23.7 Å². The standard InChI is InChI=1S/C17H19FN4O/c1-10(2)15(16-19-6-7-22(16)3)21-17(23)14-9-11-8-12(18)4-5-13(11)20-14/h4-10,15,20H,1-3H3,(H,21,23)/t15-/m0/s1. The van der Waals surface area contributed by atoms with E-state index in [1.54, 1.807) is 18.3 Å². The van der Waals surface area contributed by atoms with Gasteiger partial charge in [-0.05, 0) is 30.2 Å². The molecule has 0 fully saturated rings. The van der Waals surface area contributed by atoms with Crippen molar-refractivity contribution in [3.8, 4) is 0 Å². The van der Waals surface area contributed by atoms with E-state index in [2.05, 4.69) is 15.3 Å². The SMILES string of the molecule is CC(C)[C@H](NC(=O)c1cc2cc(F)ccc2[nH]1)c1nccn1C. The predicted molar refractivity (Wildman–Crippen MR) is 86.5 cm³/mol. The number of aryl methyl sites for hydroxylation is 1. The van der Waals surface area contributed by atoms with E-state index in [1.807, 2.05) is 31.7 Å². The third kappa shape index (κ3) is 2.97. The maximum atomic E-state index is 13.3. The number of aromatic amines is 1. The molecule has 0 aliphatic rings. The number of nitrogens with zero attached hydrogens (tertiary/aromatic N) is 2. The van der Waals surface area contributed by atoms with Gasteiger partial charge >= 0.3 is 0 Å². The molecule has 0 aliphatic carbocycles. The van der Waals surface area contributed by atoms with Crippen molar-refractivity contribution in [3.05, 3.63) is 54.0 Å². The predicted octanol–water partition coefficient (Wildman–Crippen LogP) is 3.17. The van der Waals surface area contributed by atoms with Gasteiger partial charge in [0.25, 0.3) is 5.91 Å². The summed E-state index contributed by atoms with van der Waals surface area (Å²) in [7, 11) is 1.90. The Kier molecular flexibility index (Phi) is 3.90. The Balaban J connectivity index is 1.87. The van der Waals surface area contributed by atoms with Crippen molar-refractivity contribution in [2.45, 2.75) is 19.9 Å². The quantitative estimate of drug-likeness (QED) is 0.777. The lowest BCUT2D eigenvalue weighted by Gasteiger charge is -2.21. The summed E-state index contributed by atoms with van der Waals surface area (Å²) < 4.78 is 15.2. The van der Waals surface area contributed by atoms with Gasteiger partial charge in [0.2, 0.25) is 0 Å². The van der Waals surface area contributed by atoms with Crippen LogP contribution in [0.25, 0.3) is 10.9 Å². The molecule has 2 aromatic heterocycles. The second-order valence-corrected chi connectivity index (χ2v) is 6.01. The Bertz CT molecular complexity index is 849. The highest BCUT2D eigenvalue weighted by Crippen LogP contribution is 2.21. The average molecular weight is 314 g/mol. The molecule has 2 N–H and O–H groups in total. The molecule has 23 heavy (non-hydrogen) atoms. The molecule has 2 heterocycles. The van der Waals surface area contributed by atoms with Crippen LogP contribution in [0.5, 0.6) is 0 Å². The number of aromatic nitrogens is 3. The van der Waals surface area contributed by atoms with Crippen molar-refractivity contribution < 1.29 is 9.18 Å². The molecule has 0 aliphatic heterocycles. The van der Waals surface area contributed by atoms with E-state index in [1.165, 1.54) is 12.1 Å². The van der Waals surface area contributed by atoms with Crippen molar-refractivity contribution in [1.29, 1.82) is 0 Å². The summed E-state index contributed by atoms with van der Waals surface area (Å²) in [5, 5.41) is 3.68. The van der Waals surface area contributed by atoms with Crippen molar-refractivity contribution >= 4 is 16.8 Å². The summed E-state index contributed by atoms with van der Waals surface area (Å²) in [4.78, 5) is 19.9. The first-order valence-electron chi connectivity index (χ1n) is 7.52. The lowest BCUT2D eigenvalue weighted by molar-refractivity contribution is 0.0918. The first kappa shape index (κ1) is 15.3. The molecule has 1 amide bonds. The molecule has 6 heteroatoms. The fourth-order valence-electron chi connectivity index (χ4n) is 2.65. The van der Waals surface area contributed by atoms with Crippen LogP contribution in [-0.2, 0) is 7.05 Å². The number of fused-ring (bicyclic) bond motifs is 1. The number of nitrogens with one attached hydrogen (secondary N) is 2. The van der Waals surface area contributed by atoms with Gasteiger partial charge in [0.15, 0.2) is 0 Å². The van der Waals surface area contributed by atoms with Crippen LogP contribution < -0.4 is 5.32 Å². The number of benzene rings is 1. The Morgan fingerprint density at radius 3 is 2.78 bits per heavy atom. The van der Waals surface area contributed by atoms with Gasteiger partial charge in [-0.15, -0.1) is 0 Å². The zero-order chi connectivity index (χ0) is 16.6. The molecule has 120 valence electrons. The van der Waals surface area contributed by atoms with Crippen molar-refractivity contribution in [2.24, 2.45) is 13.0 Å². The van der Waals surface area contributed by atoms with E-state index >= 15 is 0 Å². The molecule has 0 radical (unpaired) electrons. The van der Waals surface area contributed by atoms with Gasteiger partial charge < -0.3 is 14.9 Å². The van der Waals surface area contributed by atoms with Crippen LogP contribution >= 0.6 is 0 Å². The van der Waals surface area contributed by atoms with Gasteiger partial charge in [0, 0.05) is 30.3 Å². The van der Waals surface area contributed by atoms with Gasteiger partial charge in [-0.3, -0.25) is 4.79 Å². The monoisotopic (exact) mass is 314 g/mol. The van der Waals surface area contributed by atoms with E-state index < -0.39 is 0 Å². The van der Waals surface area contributed by atoms with Crippen LogP contribution in [0, 0.1) is 11.7 Å². The summed E-state index contributed by atoms with van der Waals surface area (Å²) in [6.45, 7) is 4.06. The van der Waals surface area contributed by atoms with Gasteiger partial charge in [-0.1, -0.05) is 13.8 Å². The first-order valence-corrected chi connectivity index (χ1v) is 7.52. The second-order valence-electron chi connectivity index (χ2n) is 6.01. The lowest BCUT2D eigenvalue weighted by atomic mass is 10.0. The number of hydrogen-bond donors (Lipinski definition) is 2. The Morgan fingerprint density at radius 2 is 2.13 bits per heavy atom. The highest BCUT2D eigenvalue weighted by Gasteiger charge is 2.23. The van der Waals surface area contributed by atoms with Crippen LogP contribution in [0.15, 0.2) is 36.7 Å². The fourth-order valence-corrected chi connectivity index (χ4v) is 2.65.